The molecule has 0 spiro atoms. The van der Waals surface area contributed by atoms with E-state index in [4.69, 9.17) is 26.2 Å². The Labute approximate surface area is 202 Å². The number of anilines is 1. The van der Waals surface area contributed by atoms with Gasteiger partial charge in [0.2, 0.25) is 5.91 Å². The summed E-state index contributed by atoms with van der Waals surface area (Å²) in [6.07, 6.45) is -1.68. The SMILES string of the molecule is COc1ccc(CN2C(=O)CCc3c(OC[C@@]4(O)CCN(C(=O)O)C[C@@H]4O)ccc(Cl)c32)cc1. The topological polar surface area (TPSA) is 120 Å². The molecule has 0 unspecified atom stereocenters. The van der Waals surface area contributed by atoms with Crippen molar-refractivity contribution in [1.82, 2.24) is 4.90 Å². The van der Waals surface area contributed by atoms with Gasteiger partial charge < -0.3 is 34.6 Å². The van der Waals surface area contributed by atoms with Gasteiger partial charge in [-0.15, -0.1) is 0 Å². The van der Waals surface area contributed by atoms with Gasteiger partial charge in [0.05, 0.1) is 30.9 Å². The average molecular weight is 491 g/mol. The lowest BCUT2D eigenvalue weighted by atomic mass is 9.89. The zero-order chi connectivity index (χ0) is 24.5. The Balaban J connectivity index is 1.55. The number of fused-ring (bicyclic) bond motifs is 1. The molecule has 2 amide bonds. The zero-order valence-electron chi connectivity index (χ0n) is 18.7. The van der Waals surface area contributed by atoms with Crippen LogP contribution in [0.3, 0.4) is 0 Å². The van der Waals surface area contributed by atoms with Crippen molar-refractivity contribution < 1.29 is 34.4 Å². The molecule has 0 aromatic heterocycles. The summed E-state index contributed by atoms with van der Waals surface area (Å²) in [5.41, 5.74) is 0.638. The molecule has 0 radical (unpaired) electrons. The fourth-order valence-corrected chi connectivity index (χ4v) is 4.62. The quantitative estimate of drug-likeness (QED) is 0.569. The Morgan fingerprint density at radius 3 is 2.59 bits per heavy atom. The van der Waals surface area contributed by atoms with E-state index < -0.39 is 17.8 Å². The number of likely N-dealkylation sites (tertiary alicyclic amines) is 1. The Kier molecular flexibility index (Phi) is 6.88. The van der Waals surface area contributed by atoms with Crippen LogP contribution in [-0.2, 0) is 17.8 Å². The highest BCUT2D eigenvalue weighted by atomic mass is 35.5. The van der Waals surface area contributed by atoms with Crippen molar-refractivity contribution in [2.45, 2.75) is 37.5 Å². The molecule has 0 bridgehead atoms. The van der Waals surface area contributed by atoms with E-state index in [1.54, 1.807) is 24.1 Å². The summed E-state index contributed by atoms with van der Waals surface area (Å²) in [5.74, 6) is 1.13. The Morgan fingerprint density at radius 1 is 1.21 bits per heavy atom. The Bertz CT molecular complexity index is 1080. The van der Waals surface area contributed by atoms with Crippen LogP contribution < -0.4 is 14.4 Å². The van der Waals surface area contributed by atoms with E-state index in [1.807, 2.05) is 24.3 Å². The summed E-state index contributed by atoms with van der Waals surface area (Å²) in [5, 5.41) is 30.8. The Morgan fingerprint density at radius 2 is 1.94 bits per heavy atom. The van der Waals surface area contributed by atoms with Crippen LogP contribution in [0.15, 0.2) is 36.4 Å². The molecule has 10 heteroatoms. The first-order chi connectivity index (χ1) is 16.2. The van der Waals surface area contributed by atoms with Crippen LogP contribution in [-0.4, -0.2) is 70.7 Å². The Hall–Kier alpha value is -3.01. The molecular formula is C24H27ClN2O7. The van der Waals surface area contributed by atoms with Gasteiger partial charge in [-0.2, -0.15) is 0 Å². The number of amides is 2. The summed E-state index contributed by atoms with van der Waals surface area (Å²) in [4.78, 5) is 26.7. The second-order valence-electron chi connectivity index (χ2n) is 8.59. The van der Waals surface area contributed by atoms with Gasteiger partial charge in [0.1, 0.15) is 29.8 Å². The molecule has 2 heterocycles. The minimum Gasteiger partial charge on any atom is -0.497 e. The van der Waals surface area contributed by atoms with Gasteiger partial charge in [0, 0.05) is 18.5 Å². The maximum absolute atomic E-state index is 12.8. The van der Waals surface area contributed by atoms with Gasteiger partial charge in [0.15, 0.2) is 0 Å². The van der Waals surface area contributed by atoms with Crippen LogP contribution in [0.25, 0.3) is 0 Å². The van der Waals surface area contributed by atoms with Crippen molar-refractivity contribution in [3.63, 3.8) is 0 Å². The van der Waals surface area contributed by atoms with Crippen molar-refractivity contribution in [2.75, 3.05) is 31.7 Å². The first-order valence-electron chi connectivity index (χ1n) is 11.0. The molecule has 2 aromatic carbocycles. The van der Waals surface area contributed by atoms with E-state index in [1.165, 1.54) is 0 Å². The number of carbonyl (C=O) groups excluding carboxylic acids is 1. The molecule has 34 heavy (non-hydrogen) atoms. The number of rotatable bonds is 6. The van der Waals surface area contributed by atoms with Gasteiger partial charge in [-0.25, -0.2) is 4.79 Å². The van der Waals surface area contributed by atoms with E-state index in [2.05, 4.69) is 0 Å². The van der Waals surface area contributed by atoms with E-state index >= 15 is 0 Å². The maximum Gasteiger partial charge on any atom is 0.407 e. The summed E-state index contributed by atoms with van der Waals surface area (Å²) in [7, 11) is 1.59. The monoisotopic (exact) mass is 490 g/mol. The highest BCUT2D eigenvalue weighted by Gasteiger charge is 2.43. The molecule has 182 valence electrons. The van der Waals surface area contributed by atoms with Crippen LogP contribution in [0.1, 0.15) is 24.0 Å². The first kappa shape index (κ1) is 24.1. The maximum atomic E-state index is 12.8. The largest absolute Gasteiger partial charge is 0.497 e. The third kappa shape index (κ3) is 4.77. The van der Waals surface area contributed by atoms with E-state index in [9.17, 15) is 19.8 Å². The van der Waals surface area contributed by atoms with Crippen molar-refractivity contribution in [3.8, 4) is 11.5 Å². The summed E-state index contributed by atoms with van der Waals surface area (Å²) < 4.78 is 11.1. The smallest absolute Gasteiger partial charge is 0.407 e. The molecule has 2 aliphatic rings. The summed E-state index contributed by atoms with van der Waals surface area (Å²) in [6.45, 7) is 0.00196. The van der Waals surface area contributed by atoms with Crippen LogP contribution >= 0.6 is 11.6 Å². The van der Waals surface area contributed by atoms with Crippen LogP contribution in [0.5, 0.6) is 11.5 Å². The number of hydrogen-bond acceptors (Lipinski definition) is 6. The lowest BCUT2D eigenvalue weighted by Crippen LogP contribution is -2.59. The second kappa shape index (κ2) is 9.69. The highest BCUT2D eigenvalue weighted by molar-refractivity contribution is 6.34. The van der Waals surface area contributed by atoms with Gasteiger partial charge in [0.25, 0.3) is 0 Å². The van der Waals surface area contributed by atoms with Gasteiger partial charge >= 0.3 is 6.09 Å². The minimum atomic E-state index is -1.59. The number of piperidine rings is 1. The number of nitrogens with zero attached hydrogens (tertiary/aromatic N) is 2. The number of halogens is 1. The molecule has 3 N–H and O–H groups in total. The third-order valence-electron chi connectivity index (χ3n) is 6.43. The molecule has 0 saturated carbocycles. The lowest BCUT2D eigenvalue weighted by molar-refractivity contribution is -0.132. The molecule has 1 fully saturated rings. The number of ether oxygens (including phenoxy) is 2. The zero-order valence-corrected chi connectivity index (χ0v) is 19.5. The average Bonchev–Trinajstić information content (AvgIpc) is 2.82. The highest BCUT2D eigenvalue weighted by Crippen LogP contribution is 2.41. The molecule has 1 saturated heterocycles. The molecule has 2 aliphatic heterocycles. The molecular weight excluding hydrogens is 464 g/mol. The number of carboxylic acid groups (broad SMARTS) is 1. The third-order valence-corrected chi connectivity index (χ3v) is 6.73. The molecule has 9 nitrogen and oxygen atoms in total. The van der Waals surface area contributed by atoms with E-state index in [-0.39, 0.29) is 38.4 Å². The predicted molar refractivity (Wildman–Crippen MR) is 125 cm³/mol. The number of β-amino-alcohol motifs (C(OH)–C–C–N with tert-alkyl or cyclic N) is 1. The summed E-state index contributed by atoms with van der Waals surface area (Å²) in [6, 6.07) is 10.7. The van der Waals surface area contributed by atoms with Gasteiger partial charge in [-0.3, -0.25) is 4.79 Å². The number of methoxy groups -OCH3 is 1. The van der Waals surface area contributed by atoms with Crippen LogP contribution in [0.2, 0.25) is 5.02 Å². The number of benzene rings is 2. The second-order valence-corrected chi connectivity index (χ2v) is 8.99. The molecule has 2 atom stereocenters. The normalized spacial score (nSPS) is 22.4. The summed E-state index contributed by atoms with van der Waals surface area (Å²) >= 11 is 6.51. The standard InChI is InChI=1S/C24H27ClN2O7/c1-33-16-4-2-15(3-5-16)12-27-21(29)9-6-17-19(8-7-18(25)22(17)27)34-14-24(32)10-11-26(23(30)31)13-20(24)28/h2-5,7-8,20,28,32H,6,9-14H2,1H3,(H,30,31)/t20-,24-/m0/s1. The fourth-order valence-electron chi connectivity index (χ4n) is 4.34. The van der Waals surface area contributed by atoms with Crippen molar-refractivity contribution >= 4 is 29.3 Å². The molecule has 4 rings (SSSR count). The number of carbonyl (C=O) groups is 2. The number of aliphatic hydroxyl groups excluding tert-OH is 1. The van der Waals surface area contributed by atoms with Crippen LogP contribution in [0, 0.1) is 0 Å². The number of aliphatic hydroxyl groups is 2. The first-order valence-corrected chi connectivity index (χ1v) is 11.4. The lowest BCUT2D eigenvalue weighted by Gasteiger charge is -2.41. The van der Waals surface area contributed by atoms with Crippen molar-refractivity contribution in [2.24, 2.45) is 0 Å². The van der Waals surface area contributed by atoms with E-state index in [0.717, 1.165) is 21.8 Å². The van der Waals surface area contributed by atoms with Gasteiger partial charge in [-0.1, -0.05) is 23.7 Å². The van der Waals surface area contributed by atoms with Crippen molar-refractivity contribution in [1.29, 1.82) is 0 Å². The molecule has 0 aliphatic carbocycles. The predicted octanol–water partition coefficient (Wildman–Crippen LogP) is 2.68. The number of hydrogen-bond donors (Lipinski definition) is 3. The van der Waals surface area contributed by atoms with Crippen LogP contribution in [0.4, 0.5) is 10.5 Å². The van der Waals surface area contributed by atoms with Crippen molar-refractivity contribution in [3.05, 3.63) is 52.5 Å². The molecule has 2 aromatic rings. The van der Waals surface area contributed by atoms with Gasteiger partial charge in [-0.05, 0) is 42.7 Å². The fraction of sp³-hybridized carbons (Fsp3) is 0.417. The van der Waals surface area contributed by atoms with E-state index in [0.29, 0.717) is 29.4 Å². The minimum absolute atomic E-state index is 0.0400.